The van der Waals surface area contributed by atoms with E-state index in [4.69, 9.17) is 19.9 Å². The number of aromatic amines is 1. The summed E-state index contributed by atoms with van der Waals surface area (Å²) < 4.78 is 74.3. The molecule has 0 saturated carbocycles. The van der Waals surface area contributed by atoms with Crippen LogP contribution in [0.4, 0.5) is 28.0 Å². The fourth-order valence-electron chi connectivity index (χ4n) is 14.6. The monoisotopic (exact) mass is 1480 g/mol. The molecule has 0 radical (unpaired) electrons. The van der Waals surface area contributed by atoms with Crippen molar-refractivity contribution in [2.24, 2.45) is 59.0 Å². The van der Waals surface area contributed by atoms with E-state index in [-0.39, 0.29) is 137 Å². The zero-order chi connectivity index (χ0) is 78.4. The summed E-state index contributed by atoms with van der Waals surface area (Å²) in [5.41, 5.74) is 5.32. The van der Waals surface area contributed by atoms with Crippen LogP contribution in [0.15, 0.2) is 30.6 Å². The molecule has 0 spiro atoms. The minimum atomic E-state index is -1.86. The molecule has 5 rings (SSSR count). The average molecular weight is 1480 g/mol. The Morgan fingerprint density at radius 3 is 1.93 bits per heavy atom. The van der Waals surface area contributed by atoms with E-state index in [0.717, 1.165) is 6.92 Å². The Balaban J connectivity index is 1.19. The summed E-state index contributed by atoms with van der Waals surface area (Å²) in [7, 11) is 8.47. The topological polar surface area (TPSA) is 344 Å². The standard InChI is InChI=1S/C75H112F4N12O14/c1-17-43(8)68(89(14)73(100)52(40(2)3)36-56(94)67(42(6)7)88(12)13)57(103-15)37-61(97)91-30-19-21-53(91)69(104-16)45(10)54(92)34-50(35-58-83-39-84-87-58)71(98)82-38-47-22-24-51(25-23-47)85-72(99)48(20-18-29-81-75(80)102)33-55(93)66(41(4)5)86-59(95)26-27-60(96)90-31-28-49(32-44(90)9)74(101)105-70-64(78)62(76)46(11)63(77)65(70)79/h22-25,39-45,48-50,52-53,57,66-69H,17-21,26-38H2,1-16H3,(H,82,98)(H,85,99)(H,86,95)(H3,80,81,102)(H,83,84,87)/t43-,44?,45-,48+,49?,50-,52-,53-,57+,66-,67-,68-,69+/m0/s1. The van der Waals surface area contributed by atoms with Crippen molar-refractivity contribution in [3.63, 3.8) is 0 Å². The summed E-state index contributed by atoms with van der Waals surface area (Å²) in [6, 6.07) is 2.68. The molecule has 8 amide bonds. The lowest BCUT2D eigenvalue weighted by Crippen LogP contribution is -2.54. The first-order valence-electron chi connectivity index (χ1n) is 36.5. The van der Waals surface area contributed by atoms with Gasteiger partial charge in [-0.2, -0.15) is 13.9 Å². The third-order valence-corrected chi connectivity index (χ3v) is 20.7. The number of ketones is 3. The first kappa shape index (κ1) is 87.4. The van der Waals surface area contributed by atoms with Crippen LogP contribution in [0.2, 0.25) is 0 Å². The quantitative estimate of drug-likeness (QED) is 0.0103. The number of H-pyrrole nitrogens is 1. The van der Waals surface area contributed by atoms with Crippen LogP contribution in [0.25, 0.3) is 0 Å². The summed E-state index contributed by atoms with van der Waals surface area (Å²) in [4.78, 5) is 162. The van der Waals surface area contributed by atoms with E-state index in [1.54, 1.807) is 68.8 Å². The van der Waals surface area contributed by atoms with Crippen molar-refractivity contribution < 1.29 is 84.5 Å². The second kappa shape index (κ2) is 41.0. The molecule has 105 heavy (non-hydrogen) atoms. The molecular weight excluding hydrogens is 1370 g/mol. The Morgan fingerprint density at radius 1 is 0.733 bits per heavy atom. The van der Waals surface area contributed by atoms with Crippen molar-refractivity contribution in [3.05, 3.63) is 70.8 Å². The number of methoxy groups -OCH3 is 2. The van der Waals surface area contributed by atoms with Gasteiger partial charge in [-0.3, -0.25) is 57.9 Å². The number of rotatable bonds is 41. The number of anilines is 1. The van der Waals surface area contributed by atoms with Crippen LogP contribution < -0.4 is 31.7 Å². The molecule has 13 atom stereocenters. The number of carbonyl (C=O) groups is 11. The van der Waals surface area contributed by atoms with Gasteiger partial charge in [-0.05, 0) is 108 Å². The van der Waals surface area contributed by atoms with Gasteiger partial charge >= 0.3 is 12.0 Å². The number of aromatic nitrogens is 3. The van der Waals surface area contributed by atoms with Crippen LogP contribution in [0.3, 0.4) is 0 Å². The van der Waals surface area contributed by atoms with E-state index in [1.807, 2.05) is 60.5 Å². The summed E-state index contributed by atoms with van der Waals surface area (Å²) in [5, 5.41) is 17.7. The van der Waals surface area contributed by atoms with Gasteiger partial charge in [0.15, 0.2) is 23.2 Å². The first-order chi connectivity index (χ1) is 49.5. The molecule has 0 bridgehead atoms. The molecule has 2 aromatic carbocycles. The number of hydrogen-bond donors (Lipinski definition) is 6. The van der Waals surface area contributed by atoms with Crippen molar-refractivity contribution in [1.82, 2.24) is 50.7 Å². The maximum atomic E-state index is 14.6. The van der Waals surface area contributed by atoms with E-state index >= 15 is 0 Å². The molecule has 0 aliphatic carbocycles. The Morgan fingerprint density at radius 2 is 1.38 bits per heavy atom. The summed E-state index contributed by atoms with van der Waals surface area (Å²) >= 11 is 0. The molecule has 2 saturated heterocycles. The van der Waals surface area contributed by atoms with Gasteiger partial charge in [0.2, 0.25) is 52.8 Å². The van der Waals surface area contributed by atoms with E-state index in [9.17, 15) is 70.3 Å². The Labute approximate surface area is 614 Å². The molecule has 30 heteroatoms. The Bertz CT molecular complexity index is 3430. The minimum absolute atomic E-state index is 0.00715. The number of urea groups is 1. The largest absolute Gasteiger partial charge is 0.420 e. The molecule has 3 heterocycles. The number of carbonyl (C=O) groups excluding carboxylic acids is 11. The smallest absolute Gasteiger partial charge is 0.314 e. The normalized spacial score (nSPS) is 18.3. The zero-order valence-corrected chi connectivity index (χ0v) is 63.8. The number of likely N-dealkylation sites (N-methyl/N-ethyl adjacent to an activating group) is 2. The molecule has 1 aromatic heterocycles. The SMILES string of the molecule is CC[C@H](C)[C@@H]([C@@H](CC(=O)N1CCC[C@H]1[C@H](OC)[C@@H](C)C(=O)C[C@@H](Cc1ncn[nH]1)C(=O)NCc1ccc(NC(=O)[C@H](CCCNC(N)=O)CC(=O)[C@@H](NC(=O)CCC(=O)N2CCC(C(=O)Oc3c(F)c(F)c(C)c(F)c3F)CC2C)C(C)C)cc1)OC)N(C)C(=O)[C@@H](CC(=O)[C@H](C(C)C)N(C)C)C(C)C. The number of ether oxygens (including phenoxy) is 3. The second-order valence-corrected chi connectivity index (χ2v) is 29.5. The molecule has 26 nitrogen and oxygen atoms in total. The Hall–Kier alpha value is -8.25. The summed E-state index contributed by atoms with van der Waals surface area (Å²) in [6.45, 7) is 19.9. The van der Waals surface area contributed by atoms with E-state index < -0.39 is 148 Å². The van der Waals surface area contributed by atoms with Gasteiger partial charge in [0.25, 0.3) is 0 Å². The highest BCUT2D eigenvalue weighted by Gasteiger charge is 2.45. The van der Waals surface area contributed by atoms with Gasteiger partial charge in [-0.1, -0.05) is 80.9 Å². The van der Waals surface area contributed by atoms with Gasteiger partial charge in [-0.25, -0.2) is 18.6 Å². The molecule has 2 aliphatic rings. The lowest BCUT2D eigenvalue weighted by molar-refractivity contribution is -0.149. The van der Waals surface area contributed by atoms with Crippen LogP contribution in [-0.4, -0.2) is 197 Å². The number of piperidine rings is 1. The number of nitrogens with one attached hydrogen (secondary N) is 5. The van der Waals surface area contributed by atoms with Crippen molar-refractivity contribution in [2.75, 3.05) is 60.3 Å². The van der Waals surface area contributed by atoms with E-state index in [0.29, 0.717) is 42.9 Å². The molecule has 2 unspecified atom stereocenters. The summed E-state index contributed by atoms with van der Waals surface area (Å²) in [5.74, 6) is -17.6. The fourth-order valence-corrected chi connectivity index (χ4v) is 14.6. The number of nitrogens with zero attached hydrogens (tertiary/aromatic N) is 6. The summed E-state index contributed by atoms with van der Waals surface area (Å²) in [6.07, 6.45) is 0.841. The van der Waals surface area contributed by atoms with E-state index in [1.165, 1.54) is 25.4 Å². The number of Topliss-reactive ketones (excluding diaryl/α,β-unsaturated/α-hetero) is 3. The molecule has 2 aliphatic heterocycles. The van der Waals surface area contributed by atoms with Crippen molar-refractivity contribution in [2.45, 2.75) is 215 Å². The van der Waals surface area contributed by atoms with E-state index in [2.05, 4.69) is 36.4 Å². The van der Waals surface area contributed by atoms with Gasteiger partial charge in [-0.15, -0.1) is 0 Å². The lowest BCUT2D eigenvalue weighted by Gasteiger charge is -2.41. The third-order valence-electron chi connectivity index (χ3n) is 20.7. The number of esters is 1. The average Bonchev–Trinajstić information content (AvgIpc) is 1.20. The molecule has 7 N–H and O–H groups in total. The number of primary amides is 1. The first-order valence-corrected chi connectivity index (χ1v) is 36.5. The fraction of sp³-hybridized carbons (Fsp3) is 0.667. The number of nitrogens with two attached hydrogens (primary N) is 1. The molecule has 584 valence electrons. The van der Waals surface area contributed by atoms with Gasteiger partial charge in [0, 0.05) is 121 Å². The maximum absolute atomic E-state index is 14.6. The molecular formula is C75H112F4N12O14. The number of benzene rings is 2. The van der Waals surface area contributed by atoms with Crippen LogP contribution in [0, 0.1) is 83.5 Å². The van der Waals surface area contributed by atoms with Gasteiger partial charge in [0.1, 0.15) is 17.9 Å². The minimum Gasteiger partial charge on any atom is -0.420 e. The number of hydrogen-bond acceptors (Lipinski definition) is 17. The van der Waals surface area contributed by atoms with Crippen molar-refractivity contribution in [1.29, 1.82) is 0 Å². The van der Waals surface area contributed by atoms with Crippen LogP contribution >= 0.6 is 0 Å². The molecule has 2 fully saturated rings. The lowest BCUT2D eigenvalue weighted by atomic mass is 9.83. The number of likely N-dealkylation sites (tertiary alicyclic amines) is 2. The van der Waals surface area contributed by atoms with Crippen LogP contribution in [0.1, 0.15) is 170 Å². The third kappa shape index (κ3) is 24.1. The Kier molecular flexibility index (Phi) is 34.1. The highest BCUT2D eigenvalue weighted by molar-refractivity contribution is 5.98. The predicted octanol–water partition coefficient (Wildman–Crippen LogP) is 7.96. The van der Waals surface area contributed by atoms with Gasteiger partial charge < -0.3 is 55.9 Å². The van der Waals surface area contributed by atoms with Crippen molar-refractivity contribution >= 4 is 70.5 Å². The van der Waals surface area contributed by atoms with Crippen LogP contribution in [0.5, 0.6) is 5.75 Å². The highest BCUT2D eigenvalue weighted by atomic mass is 19.2. The number of amides is 8. The number of halogens is 4. The predicted molar refractivity (Wildman–Crippen MR) is 383 cm³/mol. The van der Waals surface area contributed by atoms with Gasteiger partial charge in [0.05, 0.1) is 54.6 Å². The van der Waals surface area contributed by atoms with Crippen LogP contribution in [-0.2, 0) is 70.4 Å². The highest BCUT2D eigenvalue weighted by Crippen LogP contribution is 2.35. The second-order valence-electron chi connectivity index (χ2n) is 29.5. The maximum Gasteiger partial charge on any atom is 0.314 e. The van der Waals surface area contributed by atoms with Crippen molar-refractivity contribution in [3.8, 4) is 5.75 Å². The zero-order valence-electron chi connectivity index (χ0n) is 63.8. The molecule has 3 aromatic rings.